The third-order valence-electron chi connectivity index (χ3n) is 8.92. The van der Waals surface area contributed by atoms with Gasteiger partial charge in [-0.2, -0.15) is 0 Å². The van der Waals surface area contributed by atoms with E-state index in [-0.39, 0.29) is 0 Å². The molecule has 1 aliphatic rings. The highest BCUT2D eigenvalue weighted by molar-refractivity contribution is 6.21. The van der Waals surface area contributed by atoms with Crippen LogP contribution in [0.5, 0.6) is 0 Å². The predicted octanol–water partition coefficient (Wildman–Crippen LogP) is 11.3. The molecule has 0 saturated carbocycles. The van der Waals surface area contributed by atoms with E-state index in [1.807, 2.05) is 0 Å². The van der Waals surface area contributed by atoms with Crippen LogP contribution in [0.15, 0.2) is 150 Å². The van der Waals surface area contributed by atoms with Crippen molar-refractivity contribution in [3.8, 4) is 44.7 Å². The quantitative estimate of drug-likeness (QED) is 0.205. The second-order valence-corrected chi connectivity index (χ2v) is 11.2. The van der Waals surface area contributed by atoms with Crippen molar-refractivity contribution >= 4 is 32.5 Å². The van der Waals surface area contributed by atoms with Crippen LogP contribution in [0.3, 0.4) is 0 Å². The second-order valence-electron chi connectivity index (χ2n) is 11.2. The lowest BCUT2D eigenvalue weighted by Crippen LogP contribution is -1.90. The van der Waals surface area contributed by atoms with Gasteiger partial charge in [-0.25, -0.2) is 0 Å². The number of fused-ring (bicyclic) bond motifs is 6. The molecule has 0 N–H and O–H groups in total. The minimum atomic E-state index is 0.913. The van der Waals surface area contributed by atoms with Gasteiger partial charge in [-0.15, -0.1) is 0 Å². The Morgan fingerprint density at radius 3 is 1.76 bits per heavy atom. The summed E-state index contributed by atoms with van der Waals surface area (Å²) in [6.07, 6.45) is 0.940. The SMILES string of the molecule is c1ccc(-c2c3ccccc3c(-c3ccc4oc(-c5cccc6c5Cc5ccccc5-6)cc4c3)c3ccccc23)cc1. The molecule has 8 aromatic rings. The molecule has 196 valence electrons. The fraction of sp³-hybridized carbons (Fsp3) is 0.0244. The Labute approximate surface area is 244 Å². The zero-order valence-electron chi connectivity index (χ0n) is 23.0. The zero-order valence-corrected chi connectivity index (χ0v) is 23.0. The lowest BCUT2D eigenvalue weighted by atomic mass is 9.86. The van der Waals surface area contributed by atoms with Crippen LogP contribution in [0, 0.1) is 0 Å². The normalized spacial score (nSPS) is 12.2. The van der Waals surface area contributed by atoms with E-state index >= 15 is 0 Å². The van der Waals surface area contributed by atoms with Gasteiger partial charge in [0.1, 0.15) is 11.3 Å². The van der Waals surface area contributed by atoms with Crippen LogP contribution in [0.2, 0.25) is 0 Å². The van der Waals surface area contributed by atoms with Crippen LogP contribution >= 0.6 is 0 Å². The molecule has 1 aromatic heterocycles. The first-order chi connectivity index (χ1) is 20.8. The molecule has 0 radical (unpaired) electrons. The first-order valence-corrected chi connectivity index (χ1v) is 14.6. The molecule has 0 spiro atoms. The highest BCUT2D eigenvalue weighted by atomic mass is 16.3. The summed E-state index contributed by atoms with van der Waals surface area (Å²) in [6.45, 7) is 0. The molecule has 7 aromatic carbocycles. The molecular weight excluding hydrogens is 508 g/mol. The maximum absolute atomic E-state index is 6.52. The van der Waals surface area contributed by atoms with Crippen molar-refractivity contribution in [1.82, 2.24) is 0 Å². The smallest absolute Gasteiger partial charge is 0.135 e. The van der Waals surface area contributed by atoms with Crippen molar-refractivity contribution in [2.24, 2.45) is 0 Å². The molecule has 0 amide bonds. The first-order valence-electron chi connectivity index (χ1n) is 14.6. The molecular formula is C41H26O. The molecule has 1 heteroatoms. The summed E-state index contributed by atoms with van der Waals surface area (Å²) >= 11 is 0. The summed E-state index contributed by atoms with van der Waals surface area (Å²) < 4.78 is 6.52. The fourth-order valence-corrected chi connectivity index (χ4v) is 7.07. The average molecular weight is 535 g/mol. The van der Waals surface area contributed by atoms with Crippen molar-refractivity contribution in [2.75, 3.05) is 0 Å². The Bertz CT molecular complexity index is 2260. The van der Waals surface area contributed by atoms with Gasteiger partial charge in [-0.1, -0.05) is 127 Å². The van der Waals surface area contributed by atoms with E-state index in [9.17, 15) is 0 Å². The van der Waals surface area contributed by atoms with Gasteiger partial charge in [0.25, 0.3) is 0 Å². The van der Waals surface area contributed by atoms with Crippen LogP contribution in [0.1, 0.15) is 11.1 Å². The Balaban J connectivity index is 1.24. The standard InChI is InChI=1S/C41H26O/c1-2-11-26(12-3-1)40-33-15-6-8-17-35(33)41(36-18-9-7-16-34(36)40)28-21-22-38-29(23-28)25-39(42-38)32-20-10-19-31-30-14-5-4-13-27(30)24-37(31)32/h1-23,25H,24H2. The molecule has 0 bridgehead atoms. The highest BCUT2D eigenvalue weighted by Crippen LogP contribution is 2.45. The Hall–Kier alpha value is -5.40. The number of benzene rings is 7. The maximum atomic E-state index is 6.52. The summed E-state index contributed by atoms with van der Waals surface area (Å²) in [7, 11) is 0. The van der Waals surface area contributed by atoms with Crippen LogP contribution < -0.4 is 0 Å². The fourth-order valence-electron chi connectivity index (χ4n) is 7.07. The number of rotatable bonds is 3. The molecule has 42 heavy (non-hydrogen) atoms. The Kier molecular flexibility index (Phi) is 5.03. The number of hydrogen-bond acceptors (Lipinski definition) is 1. The lowest BCUT2D eigenvalue weighted by Gasteiger charge is -2.17. The third-order valence-corrected chi connectivity index (χ3v) is 8.92. The summed E-state index contributed by atoms with van der Waals surface area (Å²) in [5.41, 5.74) is 12.5. The summed E-state index contributed by atoms with van der Waals surface area (Å²) in [5, 5.41) is 6.18. The van der Waals surface area contributed by atoms with Crippen molar-refractivity contribution in [2.45, 2.75) is 6.42 Å². The number of furan rings is 1. The predicted molar refractivity (Wildman–Crippen MR) is 176 cm³/mol. The Morgan fingerprint density at radius 2 is 1.02 bits per heavy atom. The highest BCUT2D eigenvalue weighted by Gasteiger charge is 2.23. The molecule has 0 atom stereocenters. The maximum Gasteiger partial charge on any atom is 0.135 e. The molecule has 0 aliphatic heterocycles. The molecule has 9 rings (SSSR count). The van der Waals surface area contributed by atoms with Crippen LogP contribution in [0.25, 0.3) is 77.2 Å². The largest absolute Gasteiger partial charge is 0.456 e. The zero-order chi connectivity index (χ0) is 27.6. The van der Waals surface area contributed by atoms with E-state index < -0.39 is 0 Å². The molecule has 1 heterocycles. The van der Waals surface area contributed by atoms with E-state index in [1.54, 1.807) is 0 Å². The minimum Gasteiger partial charge on any atom is -0.456 e. The molecule has 0 saturated heterocycles. The van der Waals surface area contributed by atoms with E-state index in [4.69, 9.17) is 4.42 Å². The molecule has 0 unspecified atom stereocenters. The van der Waals surface area contributed by atoms with Crippen molar-refractivity contribution in [1.29, 1.82) is 0 Å². The molecule has 1 aliphatic carbocycles. The van der Waals surface area contributed by atoms with Crippen LogP contribution in [0.4, 0.5) is 0 Å². The third kappa shape index (κ3) is 3.44. The lowest BCUT2D eigenvalue weighted by molar-refractivity contribution is 0.631. The first kappa shape index (κ1) is 23.3. The summed E-state index contributed by atoms with van der Waals surface area (Å²) in [5.74, 6) is 0.931. The van der Waals surface area contributed by atoms with E-state index in [0.717, 1.165) is 23.2 Å². The van der Waals surface area contributed by atoms with Gasteiger partial charge in [-0.3, -0.25) is 0 Å². The van der Waals surface area contributed by atoms with Gasteiger partial charge in [0.15, 0.2) is 0 Å². The van der Waals surface area contributed by atoms with E-state index in [0.29, 0.717) is 0 Å². The van der Waals surface area contributed by atoms with E-state index in [1.165, 1.54) is 71.6 Å². The van der Waals surface area contributed by atoms with Gasteiger partial charge in [0.2, 0.25) is 0 Å². The van der Waals surface area contributed by atoms with E-state index in [2.05, 4.69) is 146 Å². The van der Waals surface area contributed by atoms with Crippen molar-refractivity contribution < 1.29 is 4.42 Å². The van der Waals surface area contributed by atoms with Gasteiger partial charge in [0, 0.05) is 10.9 Å². The topological polar surface area (TPSA) is 13.1 Å². The number of hydrogen-bond donors (Lipinski definition) is 0. The molecule has 1 nitrogen and oxygen atoms in total. The van der Waals surface area contributed by atoms with Crippen LogP contribution in [-0.4, -0.2) is 0 Å². The monoisotopic (exact) mass is 534 g/mol. The summed E-state index contributed by atoms with van der Waals surface area (Å²) in [6, 6.07) is 52.6. The van der Waals surface area contributed by atoms with Gasteiger partial charge in [-0.05, 0) is 90.7 Å². The molecule has 0 fully saturated rings. The minimum absolute atomic E-state index is 0.913. The average Bonchev–Trinajstić information content (AvgIpc) is 3.65. The van der Waals surface area contributed by atoms with Gasteiger partial charge in [0.05, 0.1) is 0 Å². The second kappa shape index (κ2) is 9.06. The van der Waals surface area contributed by atoms with Gasteiger partial charge < -0.3 is 4.42 Å². The van der Waals surface area contributed by atoms with Crippen molar-refractivity contribution in [3.05, 3.63) is 157 Å². The Morgan fingerprint density at radius 1 is 0.429 bits per heavy atom. The van der Waals surface area contributed by atoms with Crippen LogP contribution in [-0.2, 0) is 6.42 Å². The van der Waals surface area contributed by atoms with Gasteiger partial charge >= 0.3 is 0 Å². The van der Waals surface area contributed by atoms with Crippen molar-refractivity contribution in [3.63, 3.8) is 0 Å². The summed E-state index contributed by atoms with van der Waals surface area (Å²) in [4.78, 5) is 0.